The van der Waals surface area contributed by atoms with Crippen LogP contribution < -0.4 is 4.90 Å². The second-order valence-corrected chi connectivity index (χ2v) is 4.29. The van der Waals surface area contributed by atoms with E-state index in [2.05, 4.69) is 24.8 Å². The van der Waals surface area contributed by atoms with Gasteiger partial charge in [0.2, 0.25) is 0 Å². The van der Waals surface area contributed by atoms with Crippen molar-refractivity contribution in [3.63, 3.8) is 0 Å². The molecule has 18 heavy (non-hydrogen) atoms. The fourth-order valence-corrected chi connectivity index (χ4v) is 2.18. The second kappa shape index (κ2) is 5.05. The molecule has 0 atom stereocenters. The molecule has 1 heterocycles. The summed E-state index contributed by atoms with van der Waals surface area (Å²) in [7, 11) is 0. The lowest BCUT2D eigenvalue weighted by Crippen LogP contribution is -2.24. The van der Waals surface area contributed by atoms with Crippen molar-refractivity contribution in [2.24, 2.45) is 0 Å². The summed E-state index contributed by atoms with van der Waals surface area (Å²) in [6, 6.07) is 10.2. The Labute approximate surface area is 108 Å². The van der Waals surface area contributed by atoms with E-state index in [0.29, 0.717) is 5.56 Å². The van der Waals surface area contributed by atoms with Gasteiger partial charge < -0.3 is 4.90 Å². The van der Waals surface area contributed by atoms with E-state index in [1.54, 1.807) is 0 Å². The summed E-state index contributed by atoms with van der Waals surface area (Å²) in [6.07, 6.45) is 0. The highest BCUT2D eigenvalue weighted by Crippen LogP contribution is 2.24. The third-order valence-corrected chi connectivity index (χ3v) is 3.21. The Morgan fingerprint density at radius 2 is 2.00 bits per heavy atom. The van der Waals surface area contributed by atoms with E-state index >= 15 is 0 Å². The zero-order valence-corrected chi connectivity index (χ0v) is 11.1. The van der Waals surface area contributed by atoms with Gasteiger partial charge in [-0.1, -0.05) is 18.2 Å². The van der Waals surface area contributed by atoms with Crippen LogP contribution in [0.25, 0.3) is 10.9 Å². The first kappa shape index (κ1) is 12.4. The molecule has 0 aliphatic rings. The molecule has 3 heteroatoms. The number of nitrogens with zero attached hydrogens (tertiary/aromatic N) is 3. The van der Waals surface area contributed by atoms with E-state index in [-0.39, 0.29) is 0 Å². The molecule has 0 aliphatic carbocycles. The molecule has 2 rings (SSSR count). The third-order valence-electron chi connectivity index (χ3n) is 3.21. The van der Waals surface area contributed by atoms with Crippen LogP contribution in [0.5, 0.6) is 0 Å². The summed E-state index contributed by atoms with van der Waals surface area (Å²) in [5, 5.41) is 10.3. The van der Waals surface area contributed by atoms with Gasteiger partial charge in [0.15, 0.2) is 0 Å². The van der Waals surface area contributed by atoms with Crippen molar-refractivity contribution in [1.82, 2.24) is 4.98 Å². The van der Waals surface area contributed by atoms with E-state index < -0.39 is 0 Å². The molecule has 0 N–H and O–H groups in total. The molecule has 0 fully saturated rings. The zero-order chi connectivity index (χ0) is 13.1. The summed E-state index contributed by atoms with van der Waals surface area (Å²) in [4.78, 5) is 6.81. The number of fused-ring (bicyclic) bond motifs is 1. The Bertz CT molecular complexity index is 607. The van der Waals surface area contributed by atoms with Gasteiger partial charge in [-0.3, -0.25) is 0 Å². The molecule has 0 aliphatic heterocycles. The van der Waals surface area contributed by atoms with Gasteiger partial charge in [0.25, 0.3) is 0 Å². The molecule has 0 radical (unpaired) electrons. The van der Waals surface area contributed by atoms with Crippen molar-refractivity contribution < 1.29 is 0 Å². The minimum absolute atomic E-state index is 0.650. The molecule has 2 aromatic rings. The standard InChI is InChI=1S/C15H17N3/c1-4-18(5-2)15-13(10-16)9-12-8-6-7-11(3)14(12)17-15/h6-9H,4-5H2,1-3H3. The largest absolute Gasteiger partial charge is 0.356 e. The van der Waals surface area contributed by atoms with Crippen LogP contribution >= 0.6 is 0 Å². The normalized spacial score (nSPS) is 10.3. The Morgan fingerprint density at radius 3 is 2.61 bits per heavy atom. The van der Waals surface area contributed by atoms with Crippen LogP contribution in [-0.2, 0) is 0 Å². The maximum absolute atomic E-state index is 9.27. The maximum atomic E-state index is 9.27. The van der Waals surface area contributed by atoms with Gasteiger partial charge in [-0.15, -0.1) is 0 Å². The highest BCUT2D eigenvalue weighted by atomic mass is 15.2. The lowest BCUT2D eigenvalue weighted by Gasteiger charge is -2.21. The fraction of sp³-hybridized carbons (Fsp3) is 0.333. The fourth-order valence-electron chi connectivity index (χ4n) is 2.18. The molecule has 0 spiro atoms. The average molecular weight is 239 g/mol. The van der Waals surface area contributed by atoms with E-state index in [4.69, 9.17) is 4.98 Å². The van der Waals surface area contributed by atoms with Crippen LogP contribution in [0, 0.1) is 18.3 Å². The van der Waals surface area contributed by atoms with Crippen molar-refractivity contribution in [3.05, 3.63) is 35.4 Å². The van der Waals surface area contributed by atoms with Crippen LogP contribution in [0.15, 0.2) is 24.3 Å². The highest BCUT2D eigenvalue weighted by Gasteiger charge is 2.12. The molecular formula is C15H17N3. The number of para-hydroxylation sites is 1. The first-order valence-corrected chi connectivity index (χ1v) is 6.26. The molecule has 92 valence electrons. The Morgan fingerprint density at radius 1 is 1.28 bits per heavy atom. The Kier molecular flexibility index (Phi) is 3.47. The first-order valence-electron chi connectivity index (χ1n) is 6.26. The highest BCUT2D eigenvalue weighted by molar-refractivity contribution is 5.85. The van der Waals surface area contributed by atoms with Crippen molar-refractivity contribution in [2.75, 3.05) is 18.0 Å². The molecule has 0 saturated heterocycles. The Hall–Kier alpha value is -2.08. The van der Waals surface area contributed by atoms with Crippen molar-refractivity contribution in [1.29, 1.82) is 5.26 Å². The summed E-state index contributed by atoms with van der Waals surface area (Å²) in [5.74, 6) is 0.796. The van der Waals surface area contributed by atoms with Gasteiger partial charge in [0.1, 0.15) is 11.9 Å². The smallest absolute Gasteiger partial charge is 0.147 e. The number of hydrogen-bond acceptors (Lipinski definition) is 3. The van der Waals surface area contributed by atoms with Crippen molar-refractivity contribution in [2.45, 2.75) is 20.8 Å². The first-order chi connectivity index (χ1) is 8.71. The number of pyridine rings is 1. The van der Waals surface area contributed by atoms with Crippen LogP contribution in [-0.4, -0.2) is 18.1 Å². The van der Waals surface area contributed by atoms with Crippen LogP contribution in [0.1, 0.15) is 25.0 Å². The van der Waals surface area contributed by atoms with Crippen molar-refractivity contribution >= 4 is 16.7 Å². The van der Waals surface area contributed by atoms with Gasteiger partial charge in [-0.2, -0.15) is 5.26 Å². The molecular weight excluding hydrogens is 222 g/mol. The average Bonchev–Trinajstić information content (AvgIpc) is 2.40. The van der Waals surface area contributed by atoms with Gasteiger partial charge in [0.05, 0.1) is 11.1 Å². The van der Waals surface area contributed by atoms with Gasteiger partial charge in [-0.05, 0) is 32.4 Å². The summed E-state index contributed by atoms with van der Waals surface area (Å²) >= 11 is 0. The van der Waals surface area contributed by atoms with E-state index in [0.717, 1.165) is 35.4 Å². The summed E-state index contributed by atoms with van der Waals surface area (Å²) < 4.78 is 0. The molecule has 1 aromatic carbocycles. The zero-order valence-electron chi connectivity index (χ0n) is 11.1. The summed E-state index contributed by atoms with van der Waals surface area (Å²) in [5.41, 5.74) is 2.78. The number of aryl methyl sites for hydroxylation is 1. The van der Waals surface area contributed by atoms with Gasteiger partial charge >= 0.3 is 0 Å². The van der Waals surface area contributed by atoms with E-state index in [1.807, 2.05) is 31.2 Å². The monoisotopic (exact) mass is 239 g/mol. The SMILES string of the molecule is CCN(CC)c1nc2c(C)cccc2cc1C#N. The number of hydrogen-bond donors (Lipinski definition) is 0. The van der Waals surface area contributed by atoms with Crippen molar-refractivity contribution in [3.8, 4) is 6.07 Å². The topological polar surface area (TPSA) is 39.9 Å². The lowest BCUT2D eigenvalue weighted by molar-refractivity contribution is 0.847. The van der Waals surface area contributed by atoms with Gasteiger partial charge in [0, 0.05) is 18.5 Å². The number of benzene rings is 1. The van der Waals surface area contributed by atoms with E-state index in [1.165, 1.54) is 0 Å². The van der Waals surface area contributed by atoms with Gasteiger partial charge in [-0.25, -0.2) is 4.98 Å². The molecule has 0 unspecified atom stereocenters. The molecule has 0 saturated carbocycles. The number of nitriles is 1. The predicted molar refractivity (Wildman–Crippen MR) is 74.8 cm³/mol. The maximum Gasteiger partial charge on any atom is 0.147 e. The Balaban J connectivity index is 2.72. The molecule has 3 nitrogen and oxygen atoms in total. The van der Waals surface area contributed by atoms with Crippen LogP contribution in [0.2, 0.25) is 0 Å². The minimum Gasteiger partial charge on any atom is -0.356 e. The number of rotatable bonds is 3. The van der Waals surface area contributed by atoms with Crippen LogP contribution in [0.3, 0.4) is 0 Å². The molecule has 0 bridgehead atoms. The van der Waals surface area contributed by atoms with Crippen LogP contribution in [0.4, 0.5) is 5.82 Å². The minimum atomic E-state index is 0.650. The number of anilines is 1. The van der Waals surface area contributed by atoms with E-state index in [9.17, 15) is 5.26 Å². The number of aromatic nitrogens is 1. The lowest BCUT2D eigenvalue weighted by atomic mass is 10.1. The summed E-state index contributed by atoms with van der Waals surface area (Å²) in [6.45, 7) is 7.92. The molecule has 0 amide bonds. The molecule has 1 aromatic heterocycles. The third kappa shape index (κ3) is 2.02. The second-order valence-electron chi connectivity index (χ2n) is 4.29. The quantitative estimate of drug-likeness (QED) is 0.825. The predicted octanol–water partition coefficient (Wildman–Crippen LogP) is 3.26.